The van der Waals surface area contributed by atoms with Gasteiger partial charge in [0.2, 0.25) is 0 Å². The highest BCUT2D eigenvalue weighted by atomic mass is 35.5. The highest BCUT2D eigenvalue weighted by Crippen LogP contribution is 2.55. The molecule has 4 aromatic carbocycles. The van der Waals surface area contributed by atoms with Gasteiger partial charge in [0.15, 0.2) is 0 Å². The third-order valence-corrected chi connectivity index (χ3v) is 14.7. The topological polar surface area (TPSA) is 156 Å². The Kier molecular flexibility index (Phi) is 12.3. The van der Waals surface area contributed by atoms with Gasteiger partial charge in [-0.25, -0.2) is 17.5 Å². The van der Waals surface area contributed by atoms with Gasteiger partial charge in [0.1, 0.15) is 17.3 Å². The normalized spacial score (nSPS) is 19.3. The minimum atomic E-state index is -4.80. The number of hydrogen-bond donors (Lipinski definition) is 2. The molecule has 3 fully saturated rings. The molecule has 13 nitrogen and oxygen atoms in total. The van der Waals surface area contributed by atoms with Crippen LogP contribution >= 0.6 is 11.6 Å². The second kappa shape index (κ2) is 18.0. The number of ether oxygens (including phenoxy) is 3. The lowest BCUT2D eigenvalue weighted by Gasteiger charge is -2.47. The van der Waals surface area contributed by atoms with Crippen LogP contribution in [-0.4, -0.2) is 87.8 Å². The molecule has 1 aromatic heterocycles. The van der Waals surface area contributed by atoms with Gasteiger partial charge in [-0.15, -0.1) is 0 Å². The number of nitrogens with zero attached hydrogens (tertiary/aromatic N) is 3. The van der Waals surface area contributed by atoms with Crippen molar-refractivity contribution in [2.45, 2.75) is 62.4 Å². The van der Waals surface area contributed by atoms with Crippen molar-refractivity contribution < 1.29 is 36.7 Å². The second-order valence-corrected chi connectivity index (χ2v) is 19.2. The number of fused-ring (bicyclic) bond motifs is 1. The number of allylic oxidation sites excluding steroid dienone is 1. The van der Waals surface area contributed by atoms with Crippen molar-refractivity contribution in [1.82, 2.24) is 14.6 Å². The Balaban J connectivity index is 0.936. The number of aromatic amines is 1. The van der Waals surface area contributed by atoms with Gasteiger partial charge >= 0.3 is 0 Å². The molecule has 16 heteroatoms. The van der Waals surface area contributed by atoms with Crippen molar-refractivity contribution in [2.75, 3.05) is 57.4 Å². The summed E-state index contributed by atoms with van der Waals surface area (Å²) in [4.78, 5) is 32.3. The molecule has 2 N–H and O–H groups in total. The van der Waals surface area contributed by atoms with E-state index in [2.05, 4.69) is 26.9 Å². The first-order valence-corrected chi connectivity index (χ1v) is 23.3. The average molecular weight is 898 g/mol. The minimum absolute atomic E-state index is 0.0799. The van der Waals surface area contributed by atoms with Crippen molar-refractivity contribution in [1.29, 1.82) is 0 Å². The standard InChI is InChI=1S/C47H49ClFN5O8S/c48-34-4-2-31(3-5-34)41-28-47(14-1-15-47)16-12-33(41)29-52-18-20-53(21-19-52)35-6-9-40(45(25-35)62-36-8-11-43-32(24-36)13-17-50-43)46(55)51-63(58,59)38-26-42(49)39(44(27-38)54(56)57)10-7-37-30-60-22-23-61-37/h2-6,8-9,11,13,17,24-27,37,50H,1,7,10,12,14-16,18-23,28-30H2,(H,51,55)/t37-/m0/s1. The van der Waals surface area contributed by atoms with E-state index in [0.717, 1.165) is 60.2 Å². The van der Waals surface area contributed by atoms with E-state index in [1.54, 1.807) is 30.5 Å². The molecule has 0 bridgehead atoms. The van der Waals surface area contributed by atoms with Crippen molar-refractivity contribution in [3.63, 3.8) is 0 Å². The molecule has 2 saturated heterocycles. The first-order chi connectivity index (χ1) is 30.4. The van der Waals surface area contributed by atoms with Crippen molar-refractivity contribution in [2.24, 2.45) is 5.41 Å². The molecule has 1 spiro atoms. The summed E-state index contributed by atoms with van der Waals surface area (Å²) < 4.78 is 62.2. The summed E-state index contributed by atoms with van der Waals surface area (Å²) in [5.74, 6) is -1.61. The molecule has 0 unspecified atom stereocenters. The summed E-state index contributed by atoms with van der Waals surface area (Å²) in [6.07, 6.45) is 8.91. The molecule has 2 aliphatic heterocycles. The molecule has 63 heavy (non-hydrogen) atoms. The number of carbonyl (C=O) groups excluding carboxylic acids is 1. The first-order valence-electron chi connectivity index (χ1n) is 21.5. The summed E-state index contributed by atoms with van der Waals surface area (Å²) in [6.45, 7) is 4.99. The van der Waals surface area contributed by atoms with Crippen LogP contribution in [0.1, 0.15) is 66.4 Å². The highest BCUT2D eigenvalue weighted by molar-refractivity contribution is 7.90. The Morgan fingerprint density at radius 3 is 2.54 bits per heavy atom. The number of amides is 1. The number of benzene rings is 4. The number of piperazine rings is 1. The molecule has 1 saturated carbocycles. The van der Waals surface area contributed by atoms with Gasteiger partial charge in [-0.05, 0) is 116 Å². The molecule has 1 amide bonds. The van der Waals surface area contributed by atoms with Crippen LogP contribution in [0, 0.1) is 21.3 Å². The monoisotopic (exact) mass is 897 g/mol. The Labute approximate surface area is 370 Å². The van der Waals surface area contributed by atoms with Crippen LogP contribution < -0.4 is 14.4 Å². The lowest BCUT2D eigenvalue weighted by atomic mass is 9.59. The van der Waals surface area contributed by atoms with Crippen molar-refractivity contribution in [3.8, 4) is 11.5 Å². The molecule has 330 valence electrons. The summed E-state index contributed by atoms with van der Waals surface area (Å²) in [7, 11) is -4.80. The summed E-state index contributed by atoms with van der Waals surface area (Å²) >= 11 is 6.27. The van der Waals surface area contributed by atoms with E-state index < -0.39 is 37.3 Å². The van der Waals surface area contributed by atoms with Gasteiger partial charge in [-0.3, -0.25) is 19.8 Å². The largest absolute Gasteiger partial charge is 0.456 e. The number of carbonyl (C=O) groups is 1. The number of nitro benzene ring substituents is 1. The lowest BCUT2D eigenvalue weighted by Crippen LogP contribution is -2.47. The van der Waals surface area contributed by atoms with Gasteiger partial charge in [-0.1, -0.05) is 35.7 Å². The number of anilines is 1. The van der Waals surface area contributed by atoms with E-state index in [1.807, 2.05) is 29.0 Å². The zero-order chi connectivity index (χ0) is 43.7. The zero-order valence-corrected chi connectivity index (χ0v) is 36.3. The number of halogens is 2. The Morgan fingerprint density at radius 2 is 1.81 bits per heavy atom. The lowest BCUT2D eigenvalue weighted by molar-refractivity contribution is -0.386. The van der Waals surface area contributed by atoms with Gasteiger partial charge < -0.3 is 24.1 Å². The predicted octanol–water partition coefficient (Wildman–Crippen LogP) is 9.06. The average Bonchev–Trinajstić information content (AvgIpc) is 3.74. The van der Waals surface area contributed by atoms with Crippen molar-refractivity contribution in [3.05, 3.63) is 128 Å². The van der Waals surface area contributed by atoms with E-state index in [9.17, 15) is 23.3 Å². The van der Waals surface area contributed by atoms with Crippen molar-refractivity contribution >= 4 is 55.4 Å². The smallest absolute Gasteiger partial charge is 0.276 e. The maximum Gasteiger partial charge on any atom is 0.276 e. The van der Waals surface area contributed by atoms with E-state index >= 15 is 4.39 Å². The van der Waals surface area contributed by atoms with E-state index in [1.165, 1.54) is 48.5 Å². The highest BCUT2D eigenvalue weighted by Gasteiger charge is 2.41. The molecule has 5 aromatic rings. The quantitative estimate of drug-likeness (QED) is 0.0864. The first kappa shape index (κ1) is 43.0. The van der Waals surface area contributed by atoms with Crippen LogP contribution in [0.5, 0.6) is 11.5 Å². The van der Waals surface area contributed by atoms with Crippen LogP contribution in [-0.2, 0) is 25.9 Å². The molecule has 9 rings (SSSR count). The molecular formula is C47H49ClFN5O8S. The number of sulfonamides is 1. The van der Waals surface area contributed by atoms with E-state index in [-0.39, 0.29) is 42.4 Å². The maximum atomic E-state index is 15.5. The van der Waals surface area contributed by atoms with Gasteiger partial charge in [0.25, 0.3) is 21.6 Å². The predicted molar refractivity (Wildman–Crippen MR) is 239 cm³/mol. The minimum Gasteiger partial charge on any atom is -0.456 e. The summed E-state index contributed by atoms with van der Waals surface area (Å²) in [6, 6.07) is 22.0. The Bertz CT molecular complexity index is 2670. The number of hydrogen-bond acceptors (Lipinski definition) is 10. The van der Waals surface area contributed by atoms with Crippen LogP contribution in [0.15, 0.2) is 95.5 Å². The summed E-state index contributed by atoms with van der Waals surface area (Å²) in [5.41, 5.74) is 5.25. The van der Waals surface area contributed by atoms with E-state index in [0.29, 0.717) is 43.5 Å². The molecule has 3 heterocycles. The third kappa shape index (κ3) is 9.48. The van der Waals surface area contributed by atoms with Crippen LogP contribution in [0.4, 0.5) is 15.8 Å². The summed E-state index contributed by atoms with van der Waals surface area (Å²) in [5, 5.41) is 13.7. The number of nitrogens with one attached hydrogen (secondary N) is 2. The van der Waals surface area contributed by atoms with Gasteiger partial charge in [-0.2, -0.15) is 0 Å². The maximum absolute atomic E-state index is 15.5. The van der Waals surface area contributed by atoms with Crippen LogP contribution in [0.2, 0.25) is 5.02 Å². The zero-order valence-electron chi connectivity index (χ0n) is 34.7. The second-order valence-electron chi connectivity index (χ2n) is 17.1. The number of H-pyrrole nitrogens is 1. The third-order valence-electron chi connectivity index (χ3n) is 13.1. The SMILES string of the molecule is O=C(NS(=O)(=O)c1cc(F)c(CC[C@H]2COCCO2)c([N+](=O)[O-])c1)c1ccc(N2CCN(CC3=C(c4ccc(Cl)cc4)CC4(CCC4)CC3)CC2)cc1Oc1ccc2[nH]ccc2c1. The van der Waals surface area contributed by atoms with Gasteiger partial charge in [0.05, 0.1) is 46.9 Å². The Hall–Kier alpha value is -5.32. The number of nitro groups is 1. The fraction of sp³-hybridized carbons (Fsp3) is 0.383. The molecule has 0 radical (unpaired) electrons. The molecule has 4 aliphatic rings. The fourth-order valence-corrected chi connectivity index (χ4v) is 10.6. The Morgan fingerprint density at radius 1 is 1.00 bits per heavy atom. The van der Waals surface area contributed by atoms with Gasteiger partial charge in [0, 0.05) is 72.7 Å². The molecular weight excluding hydrogens is 849 g/mol. The van der Waals surface area contributed by atoms with E-state index in [4.69, 9.17) is 25.8 Å². The van der Waals surface area contributed by atoms with Crippen LogP contribution in [0.25, 0.3) is 16.5 Å². The molecule has 2 aliphatic carbocycles. The number of aromatic nitrogens is 1. The number of rotatable bonds is 13. The van der Waals surface area contributed by atoms with Crippen LogP contribution in [0.3, 0.4) is 0 Å². The molecule has 1 atom stereocenters. The fourth-order valence-electron chi connectivity index (χ4n) is 9.43.